The van der Waals surface area contributed by atoms with Crippen LogP contribution >= 0.6 is 11.3 Å². The number of rotatable bonds is 4. The number of nitrogens with zero attached hydrogens (tertiary/aromatic N) is 2. The molecule has 0 amide bonds. The number of carboxylic acids is 1. The molecule has 0 fully saturated rings. The van der Waals surface area contributed by atoms with E-state index in [1.54, 1.807) is 29.5 Å². The third-order valence-electron chi connectivity index (χ3n) is 5.84. The maximum absolute atomic E-state index is 12.4. The molecule has 5 rings (SSSR count). The van der Waals surface area contributed by atoms with Crippen LogP contribution in [-0.2, 0) is 25.7 Å². The van der Waals surface area contributed by atoms with Crippen molar-refractivity contribution in [3.8, 4) is 11.1 Å². The quantitative estimate of drug-likeness (QED) is 0.312. The Bertz CT molecular complexity index is 1320. The van der Waals surface area contributed by atoms with Crippen LogP contribution in [0, 0.1) is 0 Å². The lowest BCUT2D eigenvalue weighted by molar-refractivity contribution is -0.137. The standard InChI is InChI=1S/C14H9F3O2.C13H15N3S/c15-14(16,17)10-7-5-9(6-8-10)11-3-1-2-4-12(11)13(18)19;14-12-2-1-11-8-16(5-3-10(11)7-12)9-13-15-4-6-17-13/h1-8H,(H,18,19);1-2,4,6-7H,3,5,8-9,14H2. The number of benzene rings is 3. The Labute approximate surface area is 210 Å². The number of hydrogen-bond acceptors (Lipinski definition) is 5. The zero-order chi connectivity index (χ0) is 25.7. The van der Waals surface area contributed by atoms with Crippen LogP contribution in [0.2, 0.25) is 0 Å². The fraction of sp³-hybridized carbons (Fsp3) is 0.185. The van der Waals surface area contributed by atoms with Gasteiger partial charge in [-0.3, -0.25) is 4.90 Å². The lowest BCUT2D eigenvalue weighted by Gasteiger charge is -2.28. The normalized spacial score (nSPS) is 13.4. The molecule has 186 valence electrons. The zero-order valence-corrected chi connectivity index (χ0v) is 20.0. The predicted octanol–water partition coefficient (Wildman–Crippen LogP) is 6.35. The van der Waals surface area contributed by atoms with Crippen molar-refractivity contribution in [3.63, 3.8) is 0 Å². The van der Waals surface area contributed by atoms with Crippen LogP contribution in [0.3, 0.4) is 0 Å². The van der Waals surface area contributed by atoms with Gasteiger partial charge in [-0.05, 0) is 59.0 Å². The molecule has 0 saturated carbocycles. The van der Waals surface area contributed by atoms with Crippen molar-refractivity contribution in [1.82, 2.24) is 9.88 Å². The van der Waals surface area contributed by atoms with E-state index in [0.717, 1.165) is 43.9 Å². The first kappa shape index (κ1) is 25.4. The lowest BCUT2D eigenvalue weighted by Crippen LogP contribution is -2.30. The molecule has 0 aliphatic carbocycles. The Morgan fingerprint density at radius 2 is 1.81 bits per heavy atom. The zero-order valence-electron chi connectivity index (χ0n) is 19.2. The van der Waals surface area contributed by atoms with Crippen LogP contribution < -0.4 is 5.73 Å². The molecule has 2 heterocycles. The number of aromatic carboxylic acids is 1. The van der Waals surface area contributed by atoms with Gasteiger partial charge in [-0.15, -0.1) is 11.3 Å². The molecule has 0 unspecified atom stereocenters. The first-order chi connectivity index (χ1) is 17.2. The summed E-state index contributed by atoms with van der Waals surface area (Å²) in [4.78, 5) is 17.8. The summed E-state index contributed by atoms with van der Waals surface area (Å²) in [5.74, 6) is -1.12. The van der Waals surface area contributed by atoms with Crippen LogP contribution in [0.25, 0.3) is 11.1 Å². The number of aromatic nitrogens is 1. The number of nitrogens with two attached hydrogens (primary N) is 1. The van der Waals surface area contributed by atoms with Gasteiger partial charge in [0.1, 0.15) is 5.01 Å². The van der Waals surface area contributed by atoms with Gasteiger partial charge in [-0.25, -0.2) is 9.78 Å². The molecule has 36 heavy (non-hydrogen) atoms. The van der Waals surface area contributed by atoms with E-state index < -0.39 is 17.7 Å². The molecule has 1 aliphatic heterocycles. The second-order valence-corrected chi connectivity index (χ2v) is 9.32. The van der Waals surface area contributed by atoms with Gasteiger partial charge in [0.2, 0.25) is 0 Å². The number of alkyl halides is 3. The molecule has 1 aliphatic rings. The minimum absolute atomic E-state index is 0.0576. The van der Waals surface area contributed by atoms with E-state index in [0.29, 0.717) is 11.1 Å². The van der Waals surface area contributed by atoms with E-state index in [1.165, 1.54) is 34.3 Å². The number of hydrogen-bond donors (Lipinski definition) is 2. The van der Waals surface area contributed by atoms with Gasteiger partial charge in [-0.2, -0.15) is 13.2 Å². The molecule has 5 nitrogen and oxygen atoms in total. The summed E-state index contributed by atoms with van der Waals surface area (Å²) in [7, 11) is 0. The molecule has 3 aromatic carbocycles. The lowest BCUT2D eigenvalue weighted by atomic mass is 9.99. The van der Waals surface area contributed by atoms with Gasteiger partial charge in [0.15, 0.2) is 0 Å². The highest BCUT2D eigenvalue weighted by atomic mass is 32.1. The Hall–Kier alpha value is -3.69. The smallest absolute Gasteiger partial charge is 0.416 e. The SMILES string of the molecule is Nc1ccc2c(c1)CCN(Cc1nccs1)C2.O=C(O)c1ccccc1-c1ccc(C(F)(F)F)cc1. The fourth-order valence-corrected chi connectivity index (χ4v) is 4.71. The van der Waals surface area contributed by atoms with Gasteiger partial charge >= 0.3 is 12.1 Å². The number of carbonyl (C=O) groups is 1. The van der Waals surface area contributed by atoms with Gasteiger partial charge in [0, 0.05) is 30.4 Å². The molecule has 0 spiro atoms. The third kappa shape index (κ3) is 6.30. The van der Waals surface area contributed by atoms with E-state index in [2.05, 4.69) is 22.0 Å². The minimum atomic E-state index is -4.40. The first-order valence-electron chi connectivity index (χ1n) is 11.2. The number of nitrogen functional groups attached to an aromatic ring is 1. The average molecular weight is 512 g/mol. The molecule has 1 aromatic heterocycles. The number of anilines is 1. The number of carboxylic acid groups (broad SMARTS) is 1. The van der Waals surface area contributed by atoms with Crippen molar-refractivity contribution >= 4 is 23.0 Å². The van der Waals surface area contributed by atoms with E-state index in [4.69, 9.17) is 10.8 Å². The summed E-state index contributed by atoms with van der Waals surface area (Å²) < 4.78 is 37.3. The highest BCUT2D eigenvalue weighted by Gasteiger charge is 2.30. The number of fused-ring (bicyclic) bond motifs is 1. The summed E-state index contributed by atoms with van der Waals surface area (Å²) >= 11 is 1.73. The Balaban J connectivity index is 0.000000170. The average Bonchev–Trinajstić information content (AvgIpc) is 3.37. The molecule has 9 heteroatoms. The van der Waals surface area contributed by atoms with Crippen molar-refractivity contribution in [3.05, 3.63) is 106 Å². The topological polar surface area (TPSA) is 79.5 Å². The Morgan fingerprint density at radius 1 is 1.06 bits per heavy atom. The largest absolute Gasteiger partial charge is 0.478 e. The van der Waals surface area contributed by atoms with Gasteiger partial charge in [-0.1, -0.05) is 36.4 Å². The first-order valence-corrected chi connectivity index (χ1v) is 12.1. The summed E-state index contributed by atoms with van der Waals surface area (Å²) in [6.45, 7) is 3.06. The van der Waals surface area contributed by atoms with E-state index in [-0.39, 0.29) is 5.56 Å². The second kappa shape index (κ2) is 10.9. The maximum atomic E-state index is 12.4. The van der Waals surface area contributed by atoms with Crippen LogP contribution in [0.1, 0.15) is 32.1 Å². The summed E-state index contributed by atoms with van der Waals surface area (Å²) in [5, 5.41) is 12.3. The molecule has 3 N–H and O–H groups in total. The fourth-order valence-electron chi connectivity index (χ4n) is 4.05. The van der Waals surface area contributed by atoms with Crippen molar-refractivity contribution in [2.75, 3.05) is 12.3 Å². The maximum Gasteiger partial charge on any atom is 0.416 e. The van der Waals surface area contributed by atoms with Gasteiger partial charge < -0.3 is 10.8 Å². The third-order valence-corrected chi connectivity index (χ3v) is 6.61. The van der Waals surface area contributed by atoms with Crippen molar-refractivity contribution in [1.29, 1.82) is 0 Å². The van der Waals surface area contributed by atoms with Crippen LogP contribution in [0.5, 0.6) is 0 Å². The molecule has 0 atom stereocenters. The van der Waals surface area contributed by atoms with E-state index in [9.17, 15) is 18.0 Å². The van der Waals surface area contributed by atoms with Crippen molar-refractivity contribution < 1.29 is 23.1 Å². The van der Waals surface area contributed by atoms with Gasteiger partial charge in [0.05, 0.1) is 17.7 Å². The molecule has 4 aromatic rings. The Kier molecular flexibility index (Phi) is 7.71. The molecule has 0 radical (unpaired) electrons. The van der Waals surface area contributed by atoms with Crippen LogP contribution in [0.15, 0.2) is 78.3 Å². The molecule has 0 bridgehead atoms. The Morgan fingerprint density at radius 3 is 2.47 bits per heavy atom. The summed E-state index contributed by atoms with van der Waals surface area (Å²) in [5.41, 5.74) is 9.61. The number of thiazole rings is 1. The molecular formula is C27H24F3N3O2S. The predicted molar refractivity (Wildman–Crippen MR) is 135 cm³/mol. The summed E-state index contributed by atoms with van der Waals surface area (Å²) in [6.07, 6.45) is -1.44. The highest BCUT2D eigenvalue weighted by molar-refractivity contribution is 7.09. The van der Waals surface area contributed by atoms with E-state index >= 15 is 0 Å². The highest BCUT2D eigenvalue weighted by Crippen LogP contribution is 2.32. The van der Waals surface area contributed by atoms with Crippen LogP contribution in [-0.4, -0.2) is 27.5 Å². The minimum Gasteiger partial charge on any atom is -0.478 e. The molecule has 0 saturated heterocycles. The van der Waals surface area contributed by atoms with Crippen molar-refractivity contribution in [2.45, 2.75) is 25.7 Å². The monoisotopic (exact) mass is 511 g/mol. The van der Waals surface area contributed by atoms with Gasteiger partial charge in [0.25, 0.3) is 0 Å². The summed E-state index contributed by atoms with van der Waals surface area (Å²) in [6, 6.07) is 16.8. The molecular weight excluding hydrogens is 487 g/mol. The van der Waals surface area contributed by atoms with Crippen LogP contribution in [0.4, 0.5) is 18.9 Å². The number of halogens is 3. The second-order valence-electron chi connectivity index (χ2n) is 8.34. The van der Waals surface area contributed by atoms with E-state index in [1.807, 2.05) is 17.6 Å². The van der Waals surface area contributed by atoms with Crippen molar-refractivity contribution in [2.24, 2.45) is 0 Å².